The van der Waals surface area contributed by atoms with E-state index in [0.717, 1.165) is 16.5 Å². The number of nitrogens with one attached hydrogen (secondary N) is 2. The predicted molar refractivity (Wildman–Crippen MR) is 89.2 cm³/mol. The number of amides is 1. The third-order valence-electron chi connectivity index (χ3n) is 3.16. The van der Waals surface area contributed by atoms with Gasteiger partial charge in [-0.15, -0.1) is 5.10 Å². The van der Waals surface area contributed by atoms with Gasteiger partial charge in [0, 0.05) is 29.1 Å². The lowest BCUT2D eigenvalue weighted by molar-refractivity contribution is -0.118. The third kappa shape index (κ3) is 3.04. The number of aromatic nitrogens is 1. The van der Waals surface area contributed by atoms with Gasteiger partial charge in [0.15, 0.2) is 5.17 Å². The first-order valence-corrected chi connectivity index (χ1v) is 7.53. The number of aliphatic hydroxyl groups excluding tert-OH is 1. The number of rotatable bonds is 4. The van der Waals surface area contributed by atoms with E-state index < -0.39 is 5.25 Å². The fourth-order valence-corrected chi connectivity index (χ4v) is 3.11. The van der Waals surface area contributed by atoms with Gasteiger partial charge < -0.3 is 15.4 Å². The van der Waals surface area contributed by atoms with Crippen molar-refractivity contribution in [3.8, 4) is 0 Å². The minimum absolute atomic E-state index is 0.0174. The lowest BCUT2D eigenvalue weighted by Crippen LogP contribution is -2.24. The van der Waals surface area contributed by atoms with E-state index in [2.05, 4.69) is 27.1 Å². The quantitative estimate of drug-likeness (QED) is 0.460. The zero-order valence-electron chi connectivity index (χ0n) is 11.6. The van der Waals surface area contributed by atoms with Gasteiger partial charge in [0.1, 0.15) is 0 Å². The summed E-state index contributed by atoms with van der Waals surface area (Å²) >= 11 is 1.23. The number of fused-ring (bicyclic) bond motifs is 1. The van der Waals surface area contributed by atoms with E-state index in [0.29, 0.717) is 5.17 Å². The third-order valence-corrected chi connectivity index (χ3v) is 4.24. The van der Waals surface area contributed by atoms with Crippen LogP contribution in [0.25, 0.3) is 10.9 Å². The predicted octanol–water partition coefficient (Wildman–Crippen LogP) is 2.55. The van der Waals surface area contributed by atoms with E-state index in [-0.39, 0.29) is 18.1 Å². The second-order valence-corrected chi connectivity index (χ2v) is 6.00. The molecule has 1 aliphatic heterocycles. The number of carbonyl (C=O) groups excluding carboxylic acids is 1. The Morgan fingerprint density at radius 3 is 3.09 bits per heavy atom. The van der Waals surface area contributed by atoms with Crippen LogP contribution in [0.5, 0.6) is 0 Å². The van der Waals surface area contributed by atoms with Gasteiger partial charge in [0.25, 0.3) is 0 Å². The second kappa shape index (κ2) is 6.07. The van der Waals surface area contributed by atoms with E-state index in [9.17, 15) is 4.79 Å². The molecular formula is C15H14N4O2S. The highest BCUT2D eigenvalue weighted by molar-refractivity contribution is 8.15. The molecule has 2 heterocycles. The van der Waals surface area contributed by atoms with Gasteiger partial charge in [-0.05, 0) is 6.07 Å². The summed E-state index contributed by atoms with van der Waals surface area (Å²) in [6.45, 7) is 3.39. The number of thioether (sulfide) groups is 1. The summed E-state index contributed by atoms with van der Waals surface area (Å²) in [6, 6.07) is 7.89. The van der Waals surface area contributed by atoms with Crippen molar-refractivity contribution >= 4 is 40.0 Å². The Morgan fingerprint density at radius 1 is 1.45 bits per heavy atom. The molecule has 1 aromatic carbocycles. The number of amidine groups is 1. The molecule has 1 aromatic heterocycles. The molecule has 1 unspecified atom stereocenters. The van der Waals surface area contributed by atoms with Crippen molar-refractivity contribution in [1.82, 2.24) is 10.3 Å². The molecule has 0 aliphatic carbocycles. The number of benzene rings is 1. The Kier molecular flexibility index (Phi) is 3.97. The lowest BCUT2D eigenvalue weighted by atomic mass is 10.2. The van der Waals surface area contributed by atoms with Crippen LogP contribution in [0.15, 0.2) is 53.0 Å². The molecule has 3 rings (SSSR count). The number of aromatic amines is 1. The average Bonchev–Trinajstić information content (AvgIpc) is 3.04. The minimum atomic E-state index is -0.403. The fourth-order valence-electron chi connectivity index (χ4n) is 2.14. The summed E-state index contributed by atoms with van der Waals surface area (Å²) in [7, 11) is 0. The topological polar surface area (TPSA) is 89.8 Å². The lowest BCUT2D eigenvalue weighted by Gasteiger charge is -2.01. The highest BCUT2D eigenvalue weighted by atomic mass is 32.2. The highest BCUT2D eigenvalue weighted by Gasteiger charge is 2.30. The first-order chi connectivity index (χ1) is 10.6. The van der Waals surface area contributed by atoms with Crippen molar-refractivity contribution in [1.29, 1.82) is 0 Å². The molecule has 1 fully saturated rings. The molecule has 1 atom stereocenters. The number of aliphatic hydroxyl groups is 1. The Morgan fingerprint density at radius 2 is 2.27 bits per heavy atom. The van der Waals surface area contributed by atoms with Crippen molar-refractivity contribution in [2.24, 2.45) is 10.2 Å². The van der Waals surface area contributed by atoms with E-state index in [1.165, 1.54) is 11.8 Å². The molecule has 3 N–H and O–H groups in total. The molecule has 0 radical (unpaired) electrons. The fraction of sp³-hybridized carbons (Fsp3) is 0.133. The molecule has 112 valence electrons. The number of H-pyrrole nitrogens is 1. The van der Waals surface area contributed by atoms with Crippen LogP contribution >= 0.6 is 11.8 Å². The van der Waals surface area contributed by atoms with Gasteiger partial charge in [-0.25, -0.2) is 0 Å². The SMILES string of the molecule is C=C(O)CC1S/C(=N/N=C/c2c[nH]c3ccccc23)NC1=O. The number of hydrogen-bond donors (Lipinski definition) is 3. The van der Waals surface area contributed by atoms with E-state index >= 15 is 0 Å². The summed E-state index contributed by atoms with van der Waals surface area (Å²) in [5.41, 5.74) is 1.95. The van der Waals surface area contributed by atoms with Gasteiger partial charge in [-0.3, -0.25) is 4.79 Å². The monoisotopic (exact) mass is 314 g/mol. The van der Waals surface area contributed by atoms with Gasteiger partial charge in [-0.1, -0.05) is 36.5 Å². The first-order valence-electron chi connectivity index (χ1n) is 6.65. The van der Waals surface area contributed by atoms with Gasteiger partial charge in [0.2, 0.25) is 5.91 Å². The molecule has 1 saturated heterocycles. The molecule has 6 nitrogen and oxygen atoms in total. The zero-order chi connectivity index (χ0) is 15.5. The van der Waals surface area contributed by atoms with E-state index in [4.69, 9.17) is 5.11 Å². The number of allylic oxidation sites excluding steroid dienone is 1. The average molecular weight is 314 g/mol. The Hall–Kier alpha value is -2.54. The number of carbonyl (C=O) groups is 1. The van der Waals surface area contributed by atoms with Crippen LogP contribution < -0.4 is 5.32 Å². The number of nitrogens with zero attached hydrogens (tertiary/aromatic N) is 2. The largest absolute Gasteiger partial charge is 0.513 e. The molecule has 0 bridgehead atoms. The van der Waals surface area contributed by atoms with Crippen LogP contribution in [0.1, 0.15) is 12.0 Å². The normalized spacial score (nSPS) is 20.1. The smallest absolute Gasteiger partial charge is 0.240 e. The summed E-state index contributed by atoms with van der Waals surface area (Å²) in [4.78, 5) is 14.8. The van der Waals surface area contributed by atoms with Gasteiger partial charge in [0.05, 0.1) is 17.2 Å². The summed E-state index contributed by atoms with van der Waals surface area (Å²) in [5.74, 6) is -0.211. The van der Waals surface area contributed by atoms with Gasteiger partial charge >= 0.3 is 0 Å². The molecule has 1 amide bonds. The maximum atomic E-state index is 11.7. The zero-order valence-corrected chi connectivity index (χ0v) is 12.4. The van der Waals surface area contributed by atoms with Crippen LogP contribution in [0.2, 0.25) is 0 Å². The van der Waals surface area contributed by atoms with Crippen molar-refractivity contribution in [3.63, 3.8) is 0 Å². The van der Waals surface area contributed by atoms with Crippen LogP contribution in [0.3, 0.4) is 0 Å². The number of hydrogen-bond acceptors (Lipinski definition) is 5. The van der Waals surface area contributed by atoms with Crippen molar-refractivity contribution in [2.75, 3.05) is 0 Å². The second-order valence-electron chi connectivity index (χ2n) is 4.81. The minimum Gasteiger partial charge on any atom is -0.513 e. The van der Waals surface area contributed by atoms with Crippen molar-refractivity contribution < 1.29 is 9.90 Å². The molecule has 2 aromatic rings. The van der Waals surface area contributed by atoms with E-state index in [1.807, 2.05) is 30.5 Å². The molecule has 0 spiro atoms. The van der Waals surface area contributed by atoms with Crippen LogP contribution in [-0.4, -0.2) is 32.6 Å². The van der Waals surface area contributed by atoms with Crippen LogP contribution in [0, 0.1) is 0 Å². The Bertz CT molecular complexity index is 794. The maximum absolute atomic E-state index is 11.7. The maximum Gasteiger partial charge on any atom is 0.240 e. The van der Waals surface area contributed by atoms with E-state index in [1.54, 1.807) is 6.21 Å². The van der Waals surface area contributed by atoms with Crippen molar-refractivity contribution in [2.45, 2.75) is 11.7 Å². The standard InChI is InChI=1S/C15H14N4O2S/c1-9(20)6-13-14(21)18-15(22-13)19-17-8-10-7-16-12-5-3-2-4-11(10)12/h2-5,7-8,13,16,20H,1,6H2,(H,18,19,21)/b17-8+. The van der Waals surface area contributed by atoms with Crippen LogP contribution in [0.4, 0.5) is 0 Å². The molecular weight excluding hydrogens is 300 g/mol. The van der Waals surface area contributed by atoms with Crippen LogP contribution in [-0.2, 0) is 4.79 Å². The highest BCUT2D eigenvalue weighted by Crippen LogP contribution is 2.24. The summed E-state index contributed by atoms with van der Waals surface area (Å²) in [6.07, 6.45) is 3.70. The van der Waals surface area contributed by atoms with Crippen molar-refractivity contribution in [3.05, 3.63) is 48.4 Å². The number of para-hydroxylation sites is 1. The molecule has 0 saturated carbocycles. The van der Waals surface area contributed by atoms with Gasteiger partial charge in [-0.2, -0.15) is 5.10 Å². The molecule has 7 heteroatoms. The first kappa shape index (κ1) is 14.4. The summed E-state index contributed by atoms with van der Waals surface area (Å²) < 4.78 is 0. The summed E-state index contributed by atoms with van der Waals surface area (Å²) in [5, 5.41) is 20.9. The Balaban J connectivity index is 1.72. The molecule has 1 aliphatic rings. The molecule has 22 heavy (non-hydrogen) atoms. The Labute approximate surface area is 131 Å².